The summed E-state index contributed by atoms with van der Waals surface area (Å²) in [6.45, 7) is 6.35. The lowest BCUT2D eigenvalue weighted by Crippen LogP contribution is -2.27. The van der Waals surface area contributed by atoms with Crippen molar-refractivity contribution in [3.8, 4) is 0 Å². The minimum atomic E-state index is 0.398. The lowest BCUT2D eigenvalue weighted by Gasteiger charge is -2.23. The highest BCUT2D eigenvalue weighted by molar-refractivity contribution is 5.48. The number of hydrazine groups is 1. The van der Waals surface area contributed by atoms with Crippen LogP contribution in [-0.4, -0.2) is 23.1 Å². The average molecular weight is 223 g/mol. The van der Waals surface area contributed by atoms with Crippen molar-refractivity contribution >= 4 is 11.6 Å². The van der Waals surface area contributed by atoms with Gasteiger partial charge in [0.05, 0.1) is 0 Å². The van der Waals surface area contributed by atoms with E-state index in [4.69, 9.17) is 5.84 Å². The lowest BCUT2D eigenvalue weighted by atomic mass is 10.3. The minimum absolute atomic E-state index is 0.398. The molecule has 0 spiro atoms. The van der Waals surface area contributed by atoms with Crippen LogP contribution in [0.2, 0.25) is 0 Å². The number of aryl methyl sites for hydroxylation is 1. The molecule has 0 bridgehead atoms. The first-order valence-electron chi connectivity index (χ1n) is 5.65. The zero-order valence-electron chi connectivity index (χ0n) is 10.5. The van der Waals surface area contributed by atoms with E-state index in [2.05, 4.69) is 41.1 Å². The first-order chi connectivity index (χ1) is 7.58. The van der Waals surface area contributed by atoms with Gasteiger partial charge >= 0.3 is 0 Å². The van der Waals surface area contributed by atoms with Gasteiger partial charge in [0.25, 0.3) is 0 Å². The molecule has 0 aliphatic rings. The number of hydrogen-bond acceptors (Lipinski definition) is 5. The fraction of sp³-hybridized carbons (Fsp3) is 0.636. The highest BCUT2D eigenvalue weighted by Crippen LogP contribution is 2.16. The zero-order valence-corrected chi connectivity index (χ0v) is 10.5. The van der Waals surface area contributed by atoms with E-state index in [1.54, 1.807) is 0 Å². The molecule has 0 aliphatic carbocycles. The quantitative estimate of drug-likeness (QED) is 0.585. The van der Waals surface area contributed by atoms with Gasteiger partial charge < -0.3 is 10.3 Å². The van der Waals surface area contributed by atoms with Crippen LogP contribution in [0.1, 0.15) is 33.0 Å². The highest BCUT2D eigenvalue weighted by atomic mass is 15.3. The maximum atomic E-state index is 5.40. The van der Waals surface area contributed by atoms with Crippen molar-refractivity contribution in [1.29, 1.82) is 0 Å². The zero-order chi connectivity index (χ0) is 12.1. The molecule has 1 heterocycles. The maximum Gasteiger partial charge on any atom is 0.145 e. The Morgan fingerprint density at radius 1 is 1.44 bits per heavy atom. The Morgan fingerprint density at radius 2 is 2.12 bits per heavy atom. The molecule has 0 radical (unpaired) electrons. The van der Waals surface area contributed by atoms with E-state index >= 15 is 0 Å². The van der Waals surface area contributed by atoms with Crippen molar-refractivity contribution in [2.24, 2.45) is 5.84 Å². The van der Waals surface area contributed by atoms with Gasteiger partial charge in [-0.3, -0.25) is 0 Å². The molecule has 0 unspecified atom stereocenters. The molecule has 0 amide bonds. The molecule has 0 aliphatic heterocycles. The molecule has 0 atom stereocenters. The first kappa shape index (κ1) is 12.7. The monoisotopic (exact) mass is 223 g/mol. The summed E-state index contributed by atoms with van der Waals surface area (Å²) < 4.78 is 0. The van der Waals surface area contributed by atoms with E-state index in [1.165, 1.54) is 0 Å². The standard InChI is InChI=1S/C11H21N5/c1-5-6-9-13-10(15-12)7-11(14-9)16(4)8(2)3/h7-8H,5-6,12H2,1-4H3,(H,13,14,15). The normalized spacial score (nSPS) is 10.6. The third-order valence-electron chi connectivity index (χ3n) is 2.52. The molecule has 0 aromatic carbocycles. The third-order valence-corrected chi connectivity index (χ3v) is 2.52. The van der Waals surface area contributed by atoms with E-state index in [1.807, 2.05) is 13.1 Å². The van der Waals surface area contributed by atoms with E-state index in [9.17, 15) is 0 Å². The summed E-state index contributed by atoms with van der Waals surface area (Å²) in [5, 5.41) is 0. The summed E-state index contributed by atoms with van der Waals surface area (Å²) in [5.74, 6) is 7.81. The van der Waals surface area contributed by atoms with Gasteiger partial charge in [-0.1, -0.05) is 6.92 Å². The van der Waals surface area contributed by atoms with Crippen molar-refractivity contribution in [3.05, 3.63) is 11.9 Å². The SMILES string of the molecule is CCCc1nc(NN)cc(N(C)C(C)C)n1. The average Bonchev–Trinajstić information content (AvgIpc) is 2.27. The minimum Gasteiger partial charge on any atom is -0.357 e. The van der Waals surface area contributed by atoms with E-state index < -0.39 is 0 Å². The Hall–Kier alpha value is -1.36. The van der Waals surface area contributed by atoms with Crippen LogP contribution >= 0.6 is 0 Å². The second kappa shape index (κ2) is 5.65. The molecule has 16 heavy (non-hydrogen) atoms. The third kappa shape index (κ3) is 3.06. The van der Waals surface area contributed by atoms with Gasteiger partial charge in [0.15, 0.2) is 0 Å². The van der Waals surface area contributed by atoms with Gasteiger partial charge in [-0.05, 0) is 20.3 Å². The Morgan fingerprint density at radius 3 is 2.62 bits per heavy atom. The summed E-state index contributed by atoms with van der Waals surface area (Å²) in [6, 6.07) is 2.26. The number of anilines is 2. The summed E-state index contributed by atoms with van der Waals surface area (Å²) in [5.41, 5.74) is 2.58. The second-order valence-electron chi connectivity index (χ2n) is 4.13. The predicted molar refractivity (Wildman–Crippen MR) is 67.4 cm³/mol. The summed E-state index contributed by atoms with van der Waals surface area (Å²) in [7, 11) is 2.02. The molecule has 1 aromatic heterocycles. The Labute approximate surface area is 97.0 Å². The molecule has 0 saturated heterocycles. The van der Waals surface area contributed by atoms with E-state index in [0.29, 0.717) is 11.9 Å². The molecule has 90 valence electrons. The number of hydrogen-bond donors (Lipinski definition) is 2. The number of nitrogen functional groups attached to an aromatic ring is 1. The van der Waals surface area contributed by atoms with Crippen LogP contribution in [0.4, 0.5) is 11.6 Å². The van der Waals surface area contributed by atoms with Crippen LogP contribution in [0.3, 0.4) is 0 Å². The smallest absolute Gasteiger partial charge is 0.145 e. The van der Waals surface area contributed by atoms with Crippen molar-refractivity contribution in [2.75, 3.05) is 17.4 Å². The van der Waals surface area contributed by atoms with Gasteiger partial charge in [-0.15, -0.1) is 0 Å². The van der Waals surface area contributed by atoms with E-state index in [-0.39, 0.29) is 0 Å². The molecule has 5 nitrogen and oxygen atoms in total. The van der Waals surface area contributed by atoms with Gasteiger partial charge in [-0.2, -0.15) is 0 Å². The summed E-state index contributed by atoms with van der Waals surface area (Å²) in [4.78, 5) is 10.9. The van der Waals surface area contributed by atoms with Crippen LogP contribution in [0.15, 0.2) is 6.07 Å². The van der Waals surface area contributed by atoms with Crippen LogP contribution in [0, 0.1) is 0 Å². The van der Waals surface area contributed by atoms with E-state index in [0.717, 1.165) is 24.5 Å². The molecule has 1 aromatic rings. The van der Waals surface area contributed by atoms with Crippen LogP contribution in [0.25, 0.3) is 0 Å². The molecule has 0 saturated carbocycles. The van der Waals surface area contributed by atoms with Gasteiger partial charge in [-0.25, -0.2) is 15.8 Å². The number of nitrogens with zero attached hydrogens (tertiary/aromatic N) is 3. The molecule has 0 fully saturated rings. The van der Waals surface area contributed by atoms with Gasteiger partial charge in [0, 0.05) is 25.6 Å². The lowest BCUT2D eigenvalue weighted by molar-refractivity contribution is 0.731. The molecular formula is C11H21N5. The summed E-state index contributed by atoms with van der Waals surface area (Å²) in [6.07, 6.45) is 1.90. The predicted octanol–water partition coefficient (Wildman–Crippen LogP) is 1.56. The van der Waals surface area contributed by atoms with Crippen molar-refractivity contribution in [1.82, 2.24) is 9.97 Å². The molecule has 1 rings (SSSR count). The summed E-state index contributed by atoms with van der Waals surface area (Å²) >= 11 is 0. The van der Waals surface area contributed by atoms with Crippen LogP contribution in [0.5, 0.6) is 0 Å². The molecule has 3 N–H and O–H groups in total. The molecular weight excluding hydrogens is 202 g/mol. The topological polar surface area (TPSA) is 67.1 Å². The van der Waals surface area contributed by atoms with Gasteiger partial charge in [0.2, 0.25) is 0 Å². The Balaban J connectivity index is 3.03. The fourth-order valence-electron chi connectivity index (χ4n) is 1.34. The Bertz CT molecular complexity index is 337. The fourth-order valence-corrected chi connectivity index (χ4v) is 1.34. The van der Waals surface area contributed by atoms with Crippen molar-refractivity contribution in [3.63, 3.8) is 0 Å². The number of nitrogens with two attached hydrogens (primary N) is 1. The van der Waals surface area contributed by atoms with Crippen LogP contribution in [-0.2, 0) is 6.42 Å². The molecule has 5 heteroatoms. The Kier molecular flexibility index (Phi) is 4.49. The van der Waals surface area contributed by atoms with Gasteiger partial charge in [0.1, 0.15) is 17.5 Å². The number of rotatable bonds is 5. The highest BCUT2D eigenvalue weighted by Gasteiger charge is 2.10. The first-order valence-corrected chi connectivity index (χ1v) is 5.65. The number of nitrogens with one attached hydrogen (secondary N) is 1. The van der Waals surface area contributed by atoms with Crippen molar-refractivity contribution in [2.45, 2.75) is 39.7 Å². The largest absolute Gasteiger partial charge is 0.357 e. The van der Waals surface area contributed by atoms with Crippen molar-refractivity contribution < 1.29 is 0 Å². The van der Waals surface area contributed by atoms with Crippen LogP contribution < -0.4 is 16.2 Å². The second-order valence-corrected chi connectivity index (χ2v) is 4.13. The number of aromatic nitrogens is 2. The maximum absolute atomic E-state index is 5.40.